The van der Waals surface area contributed by atoms with Gasteiger partial charge in [-0.15, -0.1) is 0 Å². The van der Waals surface area contributed by atoms with Gasteiger partial charge in [-0.05, 0) is 77.0 Å². The fraction of sp³-hybridized carbons (Fsp3) is 0.792. The molecule has 0 saturated carbocycles. The second-order valence-corrected chi connectivity index (χ2v) is 16.7. The van der Waals surface area contributed by atoms with Gasteiger partial charge in [-0.3, -0.25) is 14.4 Å². The number of rotatable bonds is 45. The minimum absolute atomic E-state index is 0.0795. The van der Waals surface area contributed by atoms with Gasteiger partial charge in [-0.1, -0.05) is 204 Å². The maximum absolute atomic E-state index is 12.8. The zero-order valence-corrected chi connectivity index (χ0v) is 39.0. The van der Waals surface area contributed by atoms with Crippen LogP contribution in [0, 0.1) is 0 Å². The maximum Gasteiger partial charge on any atom is 0.306 e. The summed E-state index contributed by atoms with van der Waals surface area (Å²) >= 11 is 0. The van der Waals surface area contributed by atoms with E-state index in [4.69, 9.17) is 14.2 Å². The molecule has 0 saturated heterocycles. The molecule has 0 aliphatic rings. The van der Waals surface area contributed by atoms with Gasteiger partial charge in [0.15, 0.2) is 6.10 Å². The lowest BCUT2D eigenvalue weighted by molar-refractivity contribution is -0.167. The van der Waals surface area contributed by atoms with Gasteiger partial charge >= 0.3 is 17.9 Å². The highest BCUT2D eigenvalue weighted by atomic mass is 16.6. The molecule has 0 aromatic carbocycles. The first-order valence-corrected chi connectivity index (χ1v) is 25.1. The Bertz CT molecular complexity index is 1040. The number of ether oxygens (including phenoxy) is 3. The molecule has 0 aromatic heterocycles. The standard InChI is InChI=1S/C53H94O6/c1-4-7-10-13-16-19-22-24-26-28-31-34-37-40-43-46-52(55)58-49-50(48-57-51(54)45-42-39-36-33-30-21-18-15-12-9-6-3)59-53(56)47-44-41-38-35-32-29-27-25-23-20-17-14-11-8-5-2/h8,11,17,19-20,22,25,27,50H,4-7,9-10,12-16,18,21,23-24,26,28-49H2,1-3H3/b11-8-,20-17-,22-19-,27-25-/t50-/m0/s1. The van der Waals surface area contributed by atoms with Gasteiger partial charge in [0.1, 0.15) is 13.2 Å². The number of hydrogen-bond acceptors (Lipinski definition) is 6. The molecule has 0 bridgehead atoms. The van der Waals surface area contributed by atoms with E-state index < -0.39 is 6.10 Å². The third-order valence-electron chi connectivity index (χ3n) is 10.8. The Morgan fingerprint density at radius 1 is 0.356 bits per heavy atom. The highest BCUT2D eigenvalue weighted by Gasteiger charge is 2.19. The summed E-state index contributed by atoms with van der Waals surface area (Å²) < 4.78 is 16.8. The molecule has 0 unspecified atom stereocenters. The zero-order valence-electron chi connectivity index (χ0n) is 39.0. The molecule has 0 rings (SSSR count). The van der Waals surface area contributed by atoms with Gasteiger partial charge < -0.3 is 14.2 Å². The fourth-order valence-electron chi connectivity index (χ4n) is 7.04. The molecule has 0 fully saturated rings. The summed E-state index contributed by atoms with van der Waals surface area (Å²) in [5.41, 5.74) is 0. The molecule has 6 nitrogen and oxygen atoms in total. The molecule has 0 aliphatic heterocycles. The predicted molar refractivity (Wildman–Crippen MR) is 252 cm³/mol. The normalized spacial score (nSPS) is 12.4. The van der Waals surface area contributed by atoms with E-state index in [1.54, 1.807) is 0 Å². The van der Waals surface area contributed by atoms with E-state index in [9.17, 15) is 14.4 Å². The van der Waals surface area contributed by atoms with Crippen molar-refractivity contribution in [2.24, 2.45) is 0 Å². The van der Waals surface area contributed by atoms with Crippen molar-refractivity contribution in [1.82, 2.24) is 0 Å². The van der Waals surface area contributed by atoms with Gasteiger partial charge in [0.2, 0.25) is 0 Å². The lowest BCUT2D eigenvalue weighted by atomic mass is 10.1. The van der Waals surface area contributed by atoms with E-state index in [2.05, 4.69) is 69.4 Å². The van der Waals surface area contributed by atoms with E-state index in [1.165, 1.54) is 116 Å². The minimum atomic E-state index is -0.780. The third-order valence-corrected chi connectivity index (χ3v) is 10.8. The highest BCUT2D eigenvalue weighted by Crippen LogP contribution is 2.15. The van der Waals surface area contributed by atoms with Crippen LogP contribution in [0.4, 0.5) is 0 Å². The largest absolute Gasteiger partial charge is 0.462 e. The first kappa shape index (κ1) is 56.4. The van der Waals surface area contributed by atoms with Crippen LogP contribution in [-0.2, 0) is 28.6 Å². The van der Waals surface area contributed by atoms with Crippen LogP contribution in [0.3, 0.4) is 0 Å². The Balaban J connectivity index is 4.39. The number of hydrogen-bond donors (Lipinski definition) is 0. The van der Waals surface area contributed by atoms with E-state index in [0.29, 0.717) is 19.3 Å². The monoisotopic (exact) mass is 827 g/mol. The smallest absolute Gasteiger partial charge is 0.306 e. The quantitative estimate of drug-likeness (QED) is 0.0263. The van der Waals surface area contributed by atoms with Crippen molar-refractivity contribution in [3.8, 4) is 0 Å². The lowest BCUT2D eigenvalue weighted by Gasteiger charge is -2.18. The van der Waals surface area contributed by atoms with E-state index >= 15 is 0 Å². The Morgan fingerprint density at radius 3 is 1.07 bits per heavy atom. The van der Waals surface area contributed by atoms with Crippen molar-refractivity contribution in [2.75, 3.05) is 13.2 Å². The number of esters is 3. The van der Waals surface area contributed by atoms with Gasteiger partial charge in [0, 0.05) is 19.3 Å². The number of unbranched alkanes of at least 4 members (excludes halogenated alkanes) is 26. The van der Waals surface area contributed by atoms with Crippen LogP contribution in [0.5, 0.6) is 0 Å². The summed E-state index contributed by atoms with van der Waals surface area (Å²) in [6.07, 6.45) is 56.6. The molecule has 0 N–H and O–H groups in total. The van der Waals surface area contributed by atoms with Crippen molar-refractivity contribution in [2.45, 2.75) is 258 Å². The first-order valence-electron chi connectivity index (χ1n) is 25.1. The second-order valence-electron chi connectivity index (χ2n) is 16.7. The van der Waals surface area contributed by atoms with Gasteiger partial charge in [0.25, 0.3) is 0 Å². The van der Waals surface area contributed by atoms with Gasteiger partial charge in [-0.25, -0.2) is 0 Å². The summed E-state index contributed by atoms with van der Waals surface area (Å²) in [4.78, 5) is 37.9. The number of allylic oxidation sites excluding steroid dienone is 8. The molecule has 6 heteroatoms. The topological polar surface area (TPSA) is 78.9 Å². The molecular weight excluding hydrogens is 733 g/mol. The van der Waals surface area contributed by atoms with E-state index in [0.717, 1.165) is 96.3 Å². The van der Waals surface area contributed by atoms with Crippen molar-refractivity contribution < 1.29 is 28.6 Å². The van der Waals surface area contributed by atoms with E-state index in [1.807, 2.05) is 0 Å². The molecule has 0 spiro atoms. The van der Waals surface area contributed by atoms with Crippen LogP contribution >= 0.6 is 0 Å². The fourth-order valence-corrected chi connectivity index (χ4v) is 7.04. The zero-order chi connectivity index (χ0) is 43.0. The summed E-state index contributed by atoms with van der Waals surface area (Å²) in [5, 5.41) is 0. The second kappa shape index (κ2) is 48.0. The van der Waals surface area contributed by atoms with Crippen molar-refractivity contribution in [1.29, 1.82) is 0 Å². The summed E-state index contributed by atoms with van der Waals surface area (Å²) in [5.74, 6) is -0.897. The van der Waals surface area contributed by atoms with Crippen LogP contribution < -0.4 is 0 Å². The Morgan fingerprint density at radius 2 is 0.661 bits per heavy atom. The van der Waals surface area contributed by atoms with Crippen LogP contribution in [0.15, 0.2) is 48.6 Å². The summed E-state index contributed by atoms with van der Waals surface area (Å²) in [7, 11) is 0. The summed E-state index contributed by atoms with van der Waals surface area (Å²) in [6, 6.07) is 0. The van der Waals surface area contributed by atoms with Crippen molar-refractivity contribution in [3.05, 3.63) is 48.6 Å². The van der Waals surface area contributed by atoms with Crippen LogP contribution in [0.25, 0.3) is 0 Å². The molecule has 0 aliphatic carbocycles. The molecule has 59 heavy (non-hydrogen) atoms. The lowest BCUT2D eigenvalue weighted by Crippen LogP contribution is -2.30. The van der Waals surface area contributed by atoms with Crippen molar-refractivity contribution in [3.63, 3.8) is 0 Å². The third kappa shape index (κ3) is 46.3. The first-order chi connectivity index (χ1) is 29.0. The van der Waals surface area contributed by atoms with Crippen LogP contribution in [-0.4, -0.2) is 37.2 Å². The molecule has 0 aromatic rings. The SMILES string of the molecule is CC/C=C\C/C=C\C/C=C\CCCCCCCC(=O)O[C@H](COC(=O)CCCCCCCCC/C=C\CCCCCC)COC(=O)CCCCCCCCCCCCC. The van der Waals surface area contributed by atoms with Crippen molar-refractivity contribution >= 4 is 17.9 Å². The molecular formula is C53H94O6. The molecule has 0 amide bonds. The van der Waals surface area contributed by atoms with Gasteiger partial charge in [0.05, 0.1) is 0 Å². The molecule has 0 heterocycles. The predicted octanol–water partition coefficient (Wildman–Crippen LogP) is 16.3. The average molecular weight is 827 g/mol. The molecule has 342 valence electrons. The van der Waals surface area contributed by atoms with Gasteiger partial charge in [-0.2, -0.15) is 0 Å². The Kier molecular flexibility index (Phi) is 45.9. The van der Waals surface area contributed by atoms with Crippen LogP contribution in [0.2, 0.25) is 0 Å². The number of carbonyl (C=O) groups excluding carboxylic acids is 3. The molecule has 1 atom stereocenters. The minimum Gasteiger partial charge on any atom is -0.462 e. The number of carbonyl (C=O) groups is 3. The Hall–Kier alpha value is -2.63. The maximum atomic E-state index is 12.8. The highest BCUT2D eigenvalue weighted by molar-refractivity contribution is 5.71. The summed E-state index contributed by atoms with van der Waals surface area (Å²) in [6.45, 7) is 6.50. The van der Waals surface area contributed by atoms with E-state index in [-0.39, 0.29) is 31.1 Å². The molecule has 0 radical (unpaired) electrons. The van der Waals surface area contributed by atoms with Crippen LogP contribution in [0.1, 0.15) is 252 Å². The average Bonchev–Trinajstić information content (AvgIpc) is 3.23. The Labute approximate surface area is 365 Å².